The Balaban J connectivity index is 3.09. The van der Waals surface area contributed by atoms with Gasteiger partial charge in [0, 0.05) is 11.1 Å². The zero-order valence-electron chi connectivity index (χ0n) is 10.7. The van der Waals surface area contributed by atoms with Crippen LogP contribution in [0.4, 0.5) is 4.39 Å². The lowest BCUT2D eigenvalue weighted by atomic mass is 10.2. The van der Waals surface area contributed by atoms with Crippen LogP contribution in [0.25, 0.3) is 0 Å². The third kappa shape index (κ3) is 4.26. The molecule has 1 aromatic rings. The molecule has 0 saturated carbocycles. The molecule has 0 aliphatic heterocycles. The molecule has 0 aliphatic carbocycles. The van der Waals surface area contributed by atoms with Gasteiger partial charge in [0.25, 0.3) is 0 Å². The Hall–Kier alpha value is -0.990. The first-order chi connectivity index (χ1) is 9.29. The van der Waals surface area contributed by atoms with Crippen LogP contribution >= 0.6 is 15.9 Å². The van der Waals surface area contributed by atoms with Crippen molar-refractivity contribution < 1.29 is 27.4 Å². The van der Waals surface area contributed by atoms with Crippen LogP contribution in [0.2, 0.25) is 0 Å². The summed E-state index contributed by atoms with van der Waals surface area (Å²) in [6, 6.07) is 2.07. The van der Waals surface area contributed by atoms with Crippen molar-refractivity contribution in [3.05, 3.63) is 28.0 Å². The molecule has 1 aromatic carbocycles. The molecule has 0 aromatic heterocycles. The highest BCUT2D eigenvalue weighted by atomic mass is 79.9. The van der Waals surface area contributed by atoms with Gasteiger partial charge in [0.05, 0.1) is 17.9 Å². The lowest BCUT2D eigenvalue weighted by molar-refractivity contribution is 0.0691. The van der Waals surface area contributed by atoms with Gasteiger partial charge in [-0.05, 0) is 18.6 Å². The van der Waals surface area contributed by atoms with Gasteiger partial charge >= 0.3 is 5.97 Å². The van der Waals surface area contributed by atoms with Crippen molar-refractivity contribution in [1.82, 2.24) is 0 Å². The fourth-order valence-electron chi connectivity index (χ4n) is 1.47. The zero-order chi connectivity index (χ0) is 15.3. The maximum atomic E-state index is 14.0. The van der Waals surface area contributed by atoms with E-state index in [1.165, 1.54) is 0 Å². The number of halogens is 2. The van der Waals surface area contributed by atoms with Crippen molar-refractivity contribution in [2.75, 3.05) is 19.0 Å². The number of carboxylic acid groups (broad SMARTS) is 1. The molecule has 20 heavy (non-hydrogen) atoms. The first-order valence-corrected chi connectivity index (χ1v) is 8.27. The predicted molar refractivity (Wildman–Crippen MR) is 74.2 cm³/mol. The maximum absolute atomic E-state index is 14.0. The Morgan fingerprint density at radius 2 is 2.05 bits per heavy atom. The maximum Gasteiger partial charge on any atom is 0.338 e. The predicted octanol–water partition coefficient (Wildman–Crippen LogP) is 2.49. The molecule has 5 nitrogen and oxygen atoms in total. The van der Waals surface area contributed by atoms with Gasteiger partial charge in [-0.15, -0.1) is 0 Å². The van der Waals surface area contributed by atoms with Crippen LogP contribution in [-0.4, -0.2) is 38.5 Å². The first-order valence-electron chi connectivity index (χ1n) is 5.82. The van der Waals surface area contributed by atoms with Crippen LogP contribution in [0, 0.1) is 5.82 Å². The highest BCUT2D eigenvalue weighted by molar-refractivity contribution is 9.10. The summed E-state index contributed by atoms with van der Waals surface area (Å²) in [7, 11) is -3.94. The van der Waals surface area contributed by atoms with E-state index < -0.39 is 37.8 Å². The Bertz CT molecular complexity index is 600. The third-order valence-electron chi connectivity index (χ3n) is 2.41. The van der Waals surface area contributed by atoms with Crippen molar-refractivity contribution in [3.8, 4) is 0 Å². The average molecular weight is 369 g/mol. The Labute approximate surface area is 124 Å². The minimum atomic E-state index is -3.94. The van der Waals surface area contributed by atoms with E-state index in [4.69, 9.17) is 9.84 Å². The second-order valence-corrected chi connectivity index (χ2v) is 7.00. The standard InChI is InChI=1S/C12H14BrFO5S/c1-2-3-19-4-5-20(17,18)10-7-8(13)6-9(11(10)14)12(15)16/h6-7H,2-5H2,1H3,(H,15,16). The highest BCUT2D eigenvalue weighted by Gasteiger charge is 2.24. The van der Waals surface area contributed by atoms with Crippen molar-refractivity contribution in [3.63, 3.8) is 0 Å². The zero-order valence-corrected chi connectivity index (χ0v) is 13.1. The summed E-state index contributed by atoms with van der Waals surface area (Å²) in [6.07, 6.45) is 0.745. The minimum Gasteiger partial charge on any atom is -0.478 e. The molecule has 0 atom stereocenters. The molecule has 0 spiro atoms. The summed E-state index contributed by atoms with van der Waals surface area (Å²) in [5, 5.41) is 8.85. The molecular weight excluding hydrogens is 355 g/mol. The van der Waals surface area contributed by atoms with Gasteiger partial charge in [-0.1, -0.05) is 22.9 Å². The van der Waals surface area contributed by atoms with E-state index in [-0.39, 0.29) is 11.1 Å². The van der Waals surface area contributed by atoms with Crippen molar-refractivity contribution >= 4 is 31.7 Å². The number of hydrogen-bond acceptors (Lipinski definition) is 4. The fourth-order valence-corrected chi connectivity index (χ4v) is 3.33. The molecular formula is C12H14BrFO5S. The molecule has 1 rings (SSSR count). The monoisotopic (exact) mass is 368 g/mol. The van der Waals surface area contributed by atoms with E-state index in [9.17, 15) is 17.6 Å². The van der Waals surface area contributed by atoms with Crippen LogP contribution in [-0.2, 0) is 14.6 Å². The molecule has 0 amide bonds. The summed E-state index contributed by atoms with van der Waals surface area (Å²) < 4.78 is 43.2. The van der Waals surface area contributed by atoms with Crippen LogP contribution in [0.1, 0.15) is 23.7 Å². The summed E-state index contributed by atoms with van der Waals surface area (Å²) >= 11 is 2.98. The van der Waals surface area contributed by atoms with Crippen molar-refractivity contribution in [1.29, 1.82) is 0 Å². The van der Waals surface area contributed by atoms with Gasteiger partial charge < -0.3 is 9.84 Å². The second kappa shape index (κ2) is 7.14. The fraction of sp³-hybridized carbons (Fsp3) is 0.417. The second-order valence-electron chi connectivity index (χ2n) is 4.00. The van der Waals surface area contributed by atoms with E-state index in [2.05, 4.69) is 15.9 Å². The van der Waals surface area contributed by atoms with Gasteiger partial charge in [0.2, 0.25) is 0 Å². The van der Waals surface area contributed by atoms with E-state index >= 15 is 0 Å². The van der Waals surface area contributed by atoms with E-state index in [0.717, 1.165) is 18.6 Å². The smallest absolute Gasteiger partial charge is 0.338 e. The molecule has 112 valence electrons. The van der Waals surface area contributed by atoms with Crippen LogP contribution in [0.3, 0.4) is 0 Å². The molecule has 0 aliphatic rings. The third-order valence-corrected chi connectivity index (χ3v) is 4.54. The lowest BCUT2D eigenvalue weighted by Crippen LogP contribution is -2.16. The highest BCUT2D eigenvalue weighted by Crippen LogP contribution is 2.25. The summed E-state index contributed by atoms with van der Waals surface area (Å²) in [4.78, 5) is 10.2. The van der Waals surface area contributed by atoms with Crippen molar-refractivity contribution in [2.24, 2.45) is 0 Å². The number of benzene rings is 1. The van der Waals surface area contributed by atoms with Gasteiger partial charge in [-0.3, -0.25) is 0 Å². The minimum absolute atomic E-state index is 0.0649. The van der Waals surface area contributed by atoms with E-state index in [0.29, 0.717) is 6.61 Å². The Morgan fingerprint density at radius 1 is 1.40 bits per heavy atom. The largest absolute Gasteiger partial charge is 0.478 e. The number of rotatable bonds is 7. The summed E-state index contributed by atoms with van der Waals surface area (Å²) in [5.41, 5.74) is -0.688. The summed E-state index contributed by atoms with van der Waals surface area (Å²) in [5.74, 6) is -3.18. The molecule has 0 bridgehead atoms. The molecule has 0 saturated heterocycles. The number of carboxylic acids is 1. The number of carbonyl (C=O) groups is 1. The number of aromatic carboxylic acids is 1. The van der Waals surface area contributed by atoms with Crippen LogP contribution in [0.15, 0.2) is 21.5 Å². The van der Waals surface area contributed by atoms with Gasteiger partial charge in [0.15, 0.2) is 15.7 Å². The van der Waals surface area contributed by atoms with E-state index in [1.54, 1.807) is 0 Å². The molecule has 8 heteroatoms. The number of sulfone groups is 1. The van der Waals surface area contributed by atoms with Crippen molar-refractivity contribution in [2.45, 2.75) is 18.2 Å². The molecule has 0 radical (unpaired) electrons. The lowest BCUT2D eigenvalue weighted by Gasteiger charge is -2.09. The number of hydrogen-bond donors (Lipinski definition) is 1. The molecule has 0 heterocycles. The molecule has 1 N–H and O–H groups in total. The normalized spacial score (nSPS) is 11.6. The van der Waals surface area contributed by atoms with E-state index in [1.807, 2.05) is 6.92 Å². The van der Waals surface area contributed by atoms with Crippen LogP contribution in [0.5, 0.6) is 0 Å². The first kappa shape index (κ1) is 17.1. The quantitative estimate of drug-likeness (QED) is 0.747. The topological polar surface area (TPSA) is 80.7 Å². The van der Waals surface area contributed by atoms with Crippen LogP contribution < -0.4 is 0 Å². The summed E-state index contributed by atoms with van der Waals surface area (Å²) in [6.45, 7) is 2.23. The molecule has 0 fully saturated rings. The SMILES string of the molecule is CCCOCCS(=O)(=O)c1cc(Br)cc(C(=O)O)c1F. The van der Waals surface area contributed by atoms with Gasteiger partial charge in [0.1, 0.15) is 4.90 Å². The Kier molecular flexibility index (Phi) is 6.09. The molecule has 0 unspecified atom stereocenters. The van der Waals surface area contributed by atoms with Gasteiger partial charge in [-0.25, -0.2) is 17.6 Å². The Morgan fingerprint density at radius 3 is 2.60 bits per heavy atom. The number of ether oxygens (including phenoxy) is 1. The average Bonchev–Trinajstić information content (AvgIpc) is 2.36. The van der Waals surface area contributed by atoms with Gasteiger partial charge in [-0.2, -0.15) is 0 Å².